The minimum absolute atomic E-state index is 0.0472. The topological polar surface area (TPSA) is 43.4 Å². The molecule has 2 heterocycles. The summed E-state index contributed by atoms with van der Waals surface area (Å²) in [6.45, 7) is 3.65. The molecule has 3 rings (SSSR count). The second-order valence-corrected chi connectivity index (χ2v) is 5.92. The molecule has 0 atom stereocenters. The van der Waals surface area contributed by atoms with Crippen molar-refractivity contribution in [2.45, 2.75) is 25.4 Å². The molecule has 0 radical (unpaired) electrons. The normalized spacial score (nSPS) is 17.4. The minimum atomic E-state index is -0.915. The number of rotatable bonds is 4. The lowest BCUT2D eigenvalue weighted by Crippen LogP contribution is -2.44. The zero-order chi connectivity index (χ0) is 16.4. The molecular weight excluding hydrogens is 302 g/mol. The lowest BCUT2D eigenvalue weighted by atomic mass is 9.94. The zero-order valence-electron chi connectivity index (χ0n) is 13.3. The number of hydrogen-bond donors (Lipinski definition) is 1. The highest BCUT2D eigenvalue weighted by Crippen LogP contribution is 2.29. The van der Waals surface area contributed by atoms with Crippen molar-refractivity contribution in [3.63, 3.8) is 0 Å². The molecule has 0 saturated carbocycles. The fourth-order valence-corrected chi connectivity index (χ4v) is 2.96. The van der Waals surface area contributed by atoms with Gasteiger partial charge in [0, 0.05) is 56.5 Å². The molecule has 1 aliphatic heterocycles. The van der Waals surface area contributed by atoms with Crippen LogP contribution in [0.3, 0.4) is 0 Å². The van der Waals surface area contributed by atoms with E-state index in [1.165, 1.54) is 0 Å². The SMILES string of the molecule is COC1(CNc2cc(C)nc3c(F)c(F)ccc23)CCOCC1. The van der Waals surface area contributed by atoms with Crippen LogP contribution in [0.25, 0.3) is 10.9 Å². The van der Waals surface area contributed by atoms with Crippen LogP contribution < -0.4 is 5.32 Å². The number of ether oxygens (including phenoxy) is 2. The summed E-state index contributed by atoms with van der Waals surface area (Å²) in [6, 6.07) is 4.51. The number of nitrogens with one attached hydrogen (secondary N) is 1. The number of hydrogen-bond acceptors (Lipinski definition) is 4. The number of aromatic nitrogens is 1. The molecule has 0 unspecified atom stereocenters. The van der Waals surface area contributed by atoms with Crippen LogP contribution in [0, 0.1) is 18.6 Å². The van der Waals surface area contributed by atoms with E-state index in [9.17, 15) is 8.78 Å². The zero-order valence-corrected chi connectivity index (χ0v) is 13.3. The highest BCUT2D eigenvalue weighted by Gasteiger charge is 2.32. The summed E-state index contributed by atoms with van der Waals surface area (Å²) in [5.74, 6) is -1.80. The number of fused-ring (bicyclic) bond motifs is 1. The van der Waals surface area contributed by atoms with Gasteiger partial charge in [-0.3, -0.25) is 0 Å². The van der Waals surface area contributed by atoms with Crippen molar-refractivity contribution in [1.82, 2.24) is 4.98 Å². The quantitative estimate of drug-likeness (QED) is 0.936. The first-order valence-electron chi connectivity index (χ1n) is 7.67. The van der Waals surface area contributed by atoms with Crippen LogP contribution in [-0.2, 0) is 9.47 Å². The van der Waals surface area contributed by atoms with Gasteiger partial charge in [-0.25, -0.2) is 13.8 Å². The van der Waals surface area contributed by atoms with Gasteiger partial charge in [0.2, 0.25) is 0 Å². The van der Waals surface area contributed by atoms with Crippen LogP contribution in [0.5, 0.6) is 0 Å². The number of halogens is 2. The van der Waals surface area contributed by atoms with Gasteiger partial charge < -0.3 is 14.8 Å². The number of nitrogens with zero attached hydrogens (tertiary/aromatic N) is 1. The molecule has 1 fully saturated rings. The van der Waals surface area contributed by atoms with Gasteiger partial charge in [-0.15, -0.1) is 0 Å². The van der Waals surface area contributed by atoms with Crippen molar-refractivity contribution in [1.29, 1.82) is 0 Å². The van der Waals surface area contributed by atoms with E-state index in [0.29, 0.717) is 30.8 Å². The summed E-state index contributed by atoms with van der Waals surface area (Å²) in [5.41, 5.74) is 1.10. The second-order valence-electron chi connectivity index (χ2n) is 5.92. The summed E-state index contributed by atoms with van der Waals surface area (Å²) in [5, 5.41) is 3.89. The highest BCUT2D eigenvalue weighted by atomic mass is 19.2. The van der Waals surface area contributed by atoms with E-state index in [1.54, 1.807) is 20.1 Å². The van der Waals surface area contributed by atoms with E-state index < -0.39 is 11.6 Å². The number of methoxy groups -OCH3 is 1. The van der Waals surface area contributed by atoms with E-state index >= 15 is 0 Å². The van der Waals surface area contributed by atoms with Gasteiger partial charge in [0.15, 0.2) is 11.6 Å². The molecule has 23 heavy (non-hydrogen) atoms. The summed E-state index contributed by atoms with van der Waals surface area (Å²) in [7, 11) is 1.69. The van der Waals surface area contributed by atoms with Crippen molar-refractivity contribution in [2.75, 3.05) is 32.2 Å². The van der Waals surface area contributed by atoms with Crippen LogP contribution in [0.15, 0.2) is 18.2 Å². The molecule has 0 spiro atoms. The molecule has 1 aromatic heterocycles. The van der Waals surface area contributed by atoms with Crippen LogP contribution >= 0.6 is 0 Å². The highest BCUT2D eigenvalue weighted by molar-refractivity contribution is 5.91. The van der Waals surface area contributed by atoms with Crippen LogP contribution in [0.4, 0.5) is 14.5 Å². The monoisotopic (exact) mass is 322 g/mol. The van der Waals surface area contributed by atoms with Crippen molar-refractivity contribution >= 4 is 16.6 Å². The van der Waals surface area contributed by atoms with Crippen molar-refractivity contribution in [3.8, 4) is 0 Å². The Bertz CT molecular complexity index is 715. The maximum absolute atomic E-state index is 14.0. The molecule has 1 aliphatic rings. The Kier molecular flexibility index (Phi) is 4.46. The van der Waals surface area contributed by atoms with Gasteiger partial charge in [0.05, 0.1) is 5.60 Å². The van der Waals surface area contributed by atoms with E-state index in [0.717, 1.165) is 24.6 Å². The fraction of sp³-hybridized carbons (Fsp3) is 0.471. The Morgan fingerprint density at radius 2 is 2.04 bits per heavy atom. The summed E-state index contributed by atoms with van der Waals surface area (Å²) < 4.78 is 38.5. The maximum Gasteiger partial charge on any atom is 0.185 e. The van der Waals surface area contributed by atoms with Crippen molar-refractivity contribution in [2.24, 2.45) is 0 Å². The van der Waals surface area contributed by atoms with Gasteiger partial charge in [-0.2, -0.15) is 0 Å². The van der Waals surface area contributed by atoms with Gasteiger partial charge in [-0.05, 0) is 25.1 Å². The summed E-state index contributed by atoms with van der Waals surface area (Å²) in [4.78, 5) is 4.12. The van der Waals surface area contributed by atoms with Crippen LogP contribution in [0.1, 0.15) is 18.5 Å². The van der Waals surface area contributed by atoms with Crippen LogP contribution in [0.2, 0.25) is 0 Å². The smallest absolute Gasteiger partial charge is 0.185 e. The summed E-state index contributed by atoms with van der Waals surface area (Å²) >= 11 is 0. The van der Waals surface area contributed by atoms with E-state index in [1.807, 2.05) is 6.07 Å². The average molecular weight is 322 g/mol. The fourth-order valence-electron chi connectivity index (χ4n) is 2.96. The number of anilines is 1. The largest absolute Gasteiger partial charge is 0.382 e. The molecule has 0 aliphatic carbocycles. The van der Waals surface area contributed by atoms with E-state index in [4.69, 9.17) is 9.47 Å². The maximum atomic E-state index is 14.0. The Hall–Kier alpha value is -1.79. The molecule has 4 nitrogen and oxygen atoms in total. The van der Waals surface area contributed by atoms with E-state index in [2.05, 4.69) is 10.3 Å². The van der Waals surface area contributed by atoms with Crippen molar-refractivity contribution in [3.05, 3.63) is 35.5 Å². The second kappa shape index (κ2) is 6.37. The average Bonchev–Trinajstić information content (AvgIpc) is 2.57. The molecule has 1 saturated heterocycles. The molecule has 0 amide bonds. The van der Waals surface area contributed by atoms with Gasteiger partial charge in [0.25, 0.3) is 0 Å². The van der Waals surface area contributed by atoms with Gasteiger partial charge in [0.1, 0.15) is 5.52 Å². The van der Waals surface area contributed by atoms with Crippen molar-refractivity contribution < 1.29 is 18.3 Å². The standard InChI is InChI=1S/C17H20F2N2O2/c1-11-9-14(12-3-4-13(18)15(19)16(12)21-11)20-10-17(22-2)5-7-23-8-6-17/h3-4,9H,5-8,10H2,1-2H3,(H,20,21). The number of aryl methyl sites for hydroxylation is 1. The van der Waals surface area contributed by atoms with Crippen LogP contribution in [-0.4, -0.2) is 37.5 Å². The van der Waals surface area contributed by atoms with Gasteiger partial charge in [-0.1, -0.05) is 0 Å². The third-order valence-corrected chi connectivity index (χ3v) is 4.44. The van der Waals surface area contributed by atoms with E-state index in [-0.39, 0.29) is 11.1 Å². The Morgan fingerprint density at radius 3 is 2.74 bits per heavy atom. The third kappa shape index (κ3) is 3.14. The Labute approximate surface area is 133 Å². The molecule has 2 aromatic rings. The first-order valence-corrected chi connectivity index (χ1v) is 7.67. The Morgan fingerprint density at radius 1 is 1.30 bits per heavy atom. The predicted octanol–water partition coefficient (Wildman–Crippen LogP) is 3.43. The minimum Gasteiger partial charge on any atom is -0.382 e. The first kappa shape index (κ1) is 16.1. The van der Waals surface area contributed by atoms with Gasteiger partial charge >= 0.3 is 0 Å². The lowest BCUT2D eigenvalue weighted by Gasteiger charge is -2.36. The molecule has 6 heteroatoms. The lowest BCUT2D eigenvalue weighted by molar-refractivity contribution is -0.0807. The summed E-state index contributed by atoms with van der Waals surface area (Å²) in [6.07, 6.45) is 1.59. The first-order chi connectivity index (χ1) is 11.0. The predicted molar refractivity (Wildman–Crippen MR) is 84.7 cm³/mol. The molecule has 124 valence electrons. The number of benzene rings is 1. The molecule has 1 aromatic carbocycles. The molecule has 1 N–H and O–H groups in total. The number of pyridine rings is 1. The molecular formula is C17H20F2N2O2. The third-order valence-electron chi connectivity index (χ3n) is 4.44. The Balaban J connectivity index is 1.92. The molecule has 0 bridgehead atoms.